The molecule has 6 nitrogen and oxygen atoms in total. The van der Waals surface area contributed by atoms with Gasteiger partial charge in [-0.3, -0.25) is 0 Å². The average molecular weight is 377 g/mol. The van der Waals surface area contributed by atoms with Crippen LogP contribution in [-0.2, 0) is 11.2 Å². The third kappa shape index (κ3) is 6.92. The van der Waals surface area contributed by atoms with Crippen LogP contribution < -0.4 is 10.6 Å². The molecule has 0 aliphatic heterocycles. The third-order valence-electron chi connectivity index (χ3n) is 3.71. The molecule has 148 valence electrons. The molecule has 2 rings (SSSR count). The number of hydrogen-bond acceptors (Lipinski definition) is 5. The fourth-order valence-electron chi connectivity index (χ4n) is 2.37. The minimum Gasteiger partial charge on any atom is -0.444 e. The van der Waals surface area contributed by atoms with Gasteiger partial charge in [-0.1, -0.05) is 13.3 Å². The largest absolute Gasteiger partial charge is 0.444 e. The van der Waals surface area contributed by atoms with Gasteiger partial charge in [0.15, 0.2) is 11.5 Å². The third-order valence-corrected chi connectivity index (χ3v) is 3.71. The monoisotopic (exact) mass is 377 g/mol. The number of alkyl carbamates (subject to hydrolysis) is 1. The first-order valence-electron chi connectivity index (χ1n) is 9.19. The summed E-state index contributed by atoms with van der Waals surface area (Å²) < 4.78 is 24.0. The Balaban J connectivity index is 1.89. The molecule has 2 N–H and O–H groups in total. The van der Waals surface area contributed by atoms with Gasteiger partial charge in [0.05, 0.1) is 6.33 Å². The van der Waals surface area contributed by atoms with Gasteiger partial charge in [0.2, 0.25) is 0 Å². The molecule has 0 aliphatic carbocycles. The molecule has 7 heteroatoms. The minimum absolute atomic E-state index is 0.0597. The number of hydrogen-bond donors (Lipinski definition) is 2. The molecule has 0 saturated heterocycles. The Morgan fingerprint density at radius 2 is 2.11 bits per heavy atom. The van der Waals surface area contributed by atoms with Crippen LogP contribution >= 0.6 is 0 Å². The van der Waals surface area contributed by atoms with Gasteiger partial charge in [-0.05, 0) is 44.9 Å². The second-order valence-corrected chi connectivity index (χ2v) is 7.37. The maximum absolute atomic E-state index is 13.1. The fraction of sp³-hybridized carbons (Fsp3) is 0.500. The number of aryl methyl sites for hydroxylation is 1. The zero-order valence-corrected chi connectivity index (χ0v) is 16.4. The average Bonchev–Trinajstić information content (AvgIpc) is 3.00. The molecule has 1 amide bonds. The molecule has 1 heterocycles. The molecule has 0 spiro atoms. The number of carbonyl (C=O) groups excluding carboxylic acids is 1. The standard InChI is InChI=1S/C20H28FN3O3/c1-5-6-7-18-24-16-9-8-15(10-17(16)26-18)22-12-14(11-21)13-23-19(25)27-20(2,3)4/h8-11,22H,5-7,12-13H2,1-4H3,(H,23,25)/b14-11+. The molecule has 1 aromatic heterocycles. The van der Waals surface area contributed by atoms with Crippen molar-refractivity contribution < 1.29 is 18.3 Å². The van der Waals surface area contributed by atoms with Crippen molar-refractivity contribution in [3.63, 3.8) is 0 Å². The summed E-state index contributed by atoms with van der Waals surface area (Å²) in [5.74, 6) is 0.731. The van der Waals surface area contributed by atoms with Crippen LogP contribution in [0.5, 0.6) is 0 Å². The Morgan fingerprint density at radius 3 is 2.78 bits per heavy atom. The van der Waals surface area contributed by atoms with Gasteiger partial charge in [-0.15, -0.1) is 0 Å². The van der Waals surface area contributed by atoms with E-state index in [-0.39, 0.29) is 13.1 Å². The van der Waals surface area contributed by atoms with Crippen LogP contribution in [0.1, 0.15) is 46.4 Å². The number of fused-ring (bicyclic) bond motifs is 1. The lowest BCUT2D eigenvalue weighted by atomic mass is 10.2. The van der Waals surface area contributed by atoms with Gasteiger partial charge >= 0.3 is 6.09 Å². The van der Waals surface area contributed by atoms with Crippen molar-refractivity contribution in [2.24, 2.45) is 0 Å². The molecule has 0 bridgehead atoms. The van der Waals surface area contributed by atoms with Gasteiger partial charge in [0.25, 0.3) is 0 Å². The number of anilines is 1. The van der Waals surface area contributed by atoms with E-state index in [0.29, 0.717) is 17.5 Å². The molecule has 0 saturated carbocycles. The molecule has 0 unspecified atom stereocenters. The number of nitrogens with zero attached hydrogens (tertiary/aromatic N) is 1. The first kappa shape index (κ1) is 20.7. The number of amides is 1. The fourth-order valence-corrected chi connectivity index (χ4v) is 2.37. The number of carbonyl (C=O) groups is 1. The second kappa shape index (κ2) is 9.39. The van der Waals surface area contributed by atoms with Gasteiger partial charge in [0, 0.05) is 31.3 Å². The molecule has 1 aromatic carbocycles. The highest BCUT2D eigenvalue weighted by atomic mass is 19.1. The molecule has 0 fully saturated rings. The number of unbranched alkanes of at least 4 members (excludes halogenated alkanes) is 1. The summed E-state index contributed by atoms with van der Waals surface area (Å²) in [7, 11) is 0. The maximum Gasteiger partial charge on any atom is 0.407 e. The van der Waals surface area contributed by atoms with E-state index < -0.39 is 11.7 Å². The molecule has 27 heavy (non-hydrogen) atoms. The number of nitrogens with one attached hydrogen (secondary N) is 2. The van der Waals surface area contributed by atoms with Crippen molar-refractivity contribution in [1.29, 1.82) is 0 Å². The van der Waals surface area contributed by atoms with E-state index in [1.807, 2.05) is 18.2 Å². The predicted octanol–water partition coefficient (Wildman–Crippen LogP) is 4.96. The molecule has 0 radical (unpaired) electrons. The van der Waals surface area contributed by atoms with Crippen LogP contribution in [0.25, 0.3) is 11.1 Å². The predicted molar refractivity (Wildman–Crippen MR) is 105 cm³/mol. The van der Waals surface area contributed by atoms with Crippen LogP contribution in [0.3, 0.4) is 0 Å². The van der Waals surface area contributed by atoms with Gasteiger partial charge in [-0.25, -0.2) is 14.2 Å². The quantitative estimate of drug-likeness (QED) is 0.680. The van der Waals surface area contributed by atoms with Crippen molar-refractivity contribution in [2.45, 2.75) is 52.6 Å². The second-order valence-electron chi connectivity index (χ2n) is 7.37. The lowest BCUT2D eigenvalue weighted by Crippen LogP contribution is -2.34. The van der Waals surface area contributed by atoms with Crippen molar-refractivity contribution in [3.05, 3.63) is 36.0 Å². The van der Waals surface area contributed by atoms with Crippen molar-refractivity contribution in [3.8, 4) is 0 Å². The Bertz CT molecular complexity index is 793. The molecular formula is C20H28FN3O3. The number of rotatable bonds is 8. The lowest BCUT2D eigenvalue weighted by Gasteiger charge is -2.20. The van der Waals surface area contributed by atoms with Gasteiger partial charge in [-0.2, -0.15) is 0 Å². The van der Waals surface area contributed by atoms with E-state index in [0.717, 1.165) is 36.4 Å². The molecule has 0 atom stereocenters. The zero-order valence-electron chi connectivity index (χ0n) is 16.4. The summed E-state index contributed by atoms with van der Waals surface area (Å²) >= 11 is 0. The van der Waals surface area contributed by atoms with Crippen LogP contribution in [-0.4, -0.2) is 29.8 Å². The van der Waals surface area contributed by atoms with Crippen molar-refractivity contribution in [1.82, 2.24) is 10.3 Å². The Labute approximate surface area is 159 Å². The SMILES string of the molecule is CCCCc1nc2ccc(NC/C(=C\F)CNC(=O)OC(C)(C)C)cc2o1. The smallest absolute Gasteiger partial charge is 0.407 e. The van der Waals surface area contributed by atoms with Gasteiger partial charge in [0.1, 0.15) is 11.1 Å². The molecule has 0 aliphatic rings. The lowest BCUT2D eigenvalue weighted by molar-refractivity contribution is 0.0532. The van der Waals surface area contributed by atoms with E-state index >= 15 is 0 Å². The summed E-state index contributed by atoms with van der Waals surface area (Å²) in [6.07, 6.45) is 2.85. The summed E-state index contributed by atoms with van der Waals surface area (Å²) in [6, 6.07) is 5.58. The first-order chi connectivity index (χ1) is 12.8. The molecular weight excluding hydrogens is 349 g/mol. The highest BCUT2D eigenvalue weighted by Gasteiger charge is 2.16. The minimum atomic E-state index is -0.593. The zero-order chi connectivity index (χ0) is 19.9. The van der Waals surface area contributed by atoms with Crippen LogP contribution in [0.4, 0.5) is 14.9 Å². The Morgan fingerprint density at radius 1 is 1.33 bits per heavy atom. The van der Waals surface area contributed by atoms with Crippen molar-refractivity contribution >= 4 is 22.9 Å². The number of aromatic nitrogens is 1. The molecule has 2 aromatic rings. The van der Waals surface area contributed by atoms with E-state index in [9.17, 15) is 9.18 Å². The Hall–Kier alpha value is -2.57. The summed E-state index contributed by atoms with van der Waals surface area (Å²) in [4.78, 5) is 16.1. The van der Waals surface area contributed by atoms with Crippen LogP contribution in [0.15, 0.2) is 34.5 Å². The summed E-state index contributed by atoms with van der Waals surface area (Å²) in [5, 5.41) is 5.67. The normalized spacial score (nSPS) is 12.3. The van der Waals surface area contributed by atoms with Gasteiger partial charge < -0.3 is 19.8 Å². The number of benzene rings is 1. The highest BCUT2D eigenvalue weighted by Crippen LogP contribution is 2.21. The van der Waals surface area contributed by atoms with Crippen molar-refractivity contribution in [2.75, 3.05) is 18.4 Å². The summed E-state index contributed by atoms with van der Waals surface area (Å²) in [5.41, 5.74) is 2.09. The van der Waals surface area contributed by atoms with E-state index in [2.05, 4.69) is 22.5 Å². The first-order valence-corrected chi connectivity index (χ1v) is 9.19. The van der Waals surface area contributed by atoms with E-state index in [4.69, 9.17) is 9.15 Å². The van der Waals surface area contributed by atoms with E-state index in [1.165, 1.54) is 0 Å². The number of halogens is 1. The van der Waals surface area contributed by atoms with Crippen LogP contribution in [0.2, 0.25) is 0 Å². The Kier molecular flexibility index (Phi) is 7.21. The van der Waals surface area contributed by atoms with E-state index in [1.54, 1.807) is 20.8 Å². The highest BCUT2D eigenvalue weighted by molar-refractivity contribution is 5.77. The maximum atomic E-state index is 13.1. The van der Waals surface area contributed by atoms with Crippen LogP contribution in [0, 0.1) is 0 Å². The topological polar surface area (TPSA) is 76.4 Å². The number of oxazole rings is 1. The number of ether oxygens (including phenoxy) is 1. The summed E-state index contributed by atoms with van der Waals surface area (Å²) in [6.45, 7) is 7.74.